The van der Waals surface area contributed by atoms with Gasteiger partial charge in [-0.05, 0) is 43.0 Å². The first-order chi connectivity index (χ1) is 9.80. The molecule has 1 fully saturated rings. The number of rotatable bonds is 3. The second-order valence-corrected chi connectivity index (χ2v) is 9.33. The first-order valence-corrected chi connectivity index (χ1v) is 10.2. The lowest BCUT2D eigenvalue weighted by Gasteiger charge is -2.18. The minimum absolute atomic E-state index is 0.263. The van der Waals surface area contributed by atoms with E-state index in [0.29, 0.717) is 31.7 Å². The van der Waals surface area contributed by atoms with Crippen LogP contribution in [0.1, 0.15) is 18.4 Å². The van der Waals surface area contributed by atoms with E-state index >= 15 is 0 Å². The zero-order valence-corrected chi connectivity index (χ0v) is 13.5. The summed E-state index contributed by atoms with van der Waals surface area (Å²) in [4.78, 5) is 0.263. The number of benzene rings is 1. The maximum Gasteiger partial charge on any atom is 0.243 e. The minimum atomic E-state index is -3.45. The van der Waals surface area contributed by atoms with Crippen molar-refractivity contribution in [1.29, 1.82) is 0 Å². The number of hydrogen-bond donors (Lipinski definition) is 0. The van der Waals surface area contributed by atoms with Crippen LogP contribution in [0, 0.1) is 0 Å². The standard InChI is InChI=1S/C13H18N2O4S2/c1-20(16,17)15-9-6-11-10-12(4-5-13(11)15)21(18,19)14-7-2-3-8-14/h4-5,10H,2-3,6-9H2,1H3. The molecule has 3 rings (SSSR count). The topological polar surface area (TPSA) is 74.8 Å². The van der Waals surface area contributed by atoms with E-state index in [1.807, 2.05) is 0 Å². The van der Waals surface area contributed by atoms with Crippen molar-refractivity contribution in [3.8, 4) is 0 Å². The van der Waals surface area contributed by atoms with Crippen LogP contribution in [0.2, 0.25) is 0 Å². The van der Waals surface area contributed by atoms with Crippen molar-refractivity contribution in [3.63, 3.8) is 0 Å². The predicted octanol–water partition coefficient (Wildman–Crippen LogP) is 0.793. The average molecular weight is 330 g/mol. The minimum Gasteiger partial charge on any atom is -0.270 e. The van der Waals surface area contributed by atoms with Crippen LogP contribution in [0.3, 0.4) is 0 Å². The van der Waals surface area contributed by atoms with Crippen molar-refractivity contribution in [2.24, 2.45) is 0 Å². The van der Waals surface area contributed by atoms with Crippen LogP contribution in [-0.2, 0) is 26.5 Å². The van der Waals surface area contributed by atoms with Gasteiger partial charge in [0.15, 0.2) is 0 Å². The van der Waals surface area contributed by atoms with E-state index in [1.54, 1.807) is 12.1 Å². The zero-order valence-electron chi connectivity index (χ0n) is 11.8. The Morgan fingerprint density at radius 3 is 2.29 bits per heavy atom. The summed E-state index contributed by atoms with van der Waals surface area (Å²) >= 11 is 0. The third-order valence-corrected chi connectivity index (χ3v) is 7.08. The number of fused-ring (bicyclic) bond motifs is 1. The summed E-state index contributed by atoms with van der Waals surface area (Å²) in [5.41, 5.74) is 1.37. The molecule has 0 aliphatic carbocycles. The Morgan fingerprint density at radius 2 is 1.67 bits per heavy atom. The van der Waals surface area contributed by atoms with E-state index in [0.717, 1.165) is 24.7 Å². The highest BCUT2D eigenvalue weighted by Crippen LogP contribution is 2.33. The third-order valence-electron chi connectivity index (χ3n) is 4.01. The van der Waals surface area contributed by atoms with Gasteiger partial charge in [-0.1, -0.05) is 0 Å². The van der Waals surface area contributed by atoms with E-state index in [-0.39, 0.29) is 4.90 Å². The molecule has 21 heavy (non-hydrogen) atoms. The first-order valence-electron chi connectivity index (χ1n) is 6.91. The van der Waals surface area contributed by atoms with E-state index in [9.17, 15) is 16.8 Å². The van der Waals surface area contributed by atoms with Crippen LogP contribution in [0.25, 0.3) is 0 Å². The fourth-order valence-corrected chi connectivity index (χ4v) is 5.46. The van der Waals surface area contributed by atoms with Crippen molar-refractivity contribution in [1.82, 2.24) is 4.31 Å². The molecule has 0 spiro atoms. The van der Waals surface area contributed by atoms with Crippen LogP contribution in [0.4, 0.5) is 5.69 Å². The molecule has 0 saturated carbocycles. The molecule has 0 radical (unpaired) electrons. The van der Waals surface area contributed by atoms with Crippen molar-refractivity contribution in [2.75, 3.05) is 30.2 Å². The second-order valence-electron chi connectivity index (χ2n) is 5.49. The van der Waals surface area contributed by atoms with Crippen molar-refractivity contribution >= 4 is 25.7 Å². The molecular formula is C13H18N2O4S2. The highest BCUT2D eigenvalue weighted by molar-refractivity contribution is 7.92. The maximum atomic E-state index is 12.5. The van der Waals surface area contributed by atoms with Gasteiger partial charge in [-0.15, -0.1) is 0 Å². The quantitative estimate of drug-likeness (QED) is 0.821. The van der Waals surface area contributed by atoms with E-state index in [2.05, 4.69) is 0 Å². The van der Waals surface area contributed by atoms with E-state index in [1.165, 1.54) is 14.7 Å². The Hall–Kier alpha value is -1.12. The number of anilines is 1. The van der Waals surface area contributed by atoms with Crippen molar-refractivity contribution in [2.45, 2.75) is 24.2 Å². The molecule has 116 valence electrons. The molecule has 6 nitrogen and oxygen atoms in total. The van der Waals surface area contributed by atoms with Crippen LogP contribution < -0.4 is 4.31 Å². The number of sulfonamides is 2. The summed E-state index contributed by atoms with van der Waals surface area (Å²) in [5.74, 6) is 0. The Kier molecular flexibility index (Phi) is 3.50. The highest BCUT2D eigenvalue weighted by atomic mass is 32.2. The predicted molar refractivity (Wildman–Crippen MR) is 80.3 cm³/mol. The molecule has 0 unspecified atom stereocenters. The fourth-order valence-electron chi connectivity index (χ4n) is 2.93. The molecule has 2 aliphatic heterocycles. The van der Waals surface area contributed by atoms with E-state index < -0.39 is 20.0 Å². The number of hydrogen-bond acceptors (Lipinski definition) is 4. The first kappa shape index (κ1) is 14.8. The van der Waals surface area contributed by atoms with Gasteiger partial charge in [-0.2, -0.15) is 4.31 Å². The van der Waals surface area contributed by atoms with Crippen molar-refractivity contribution < 1.29 is 16.8 Å². The molecule has 0 aromatic heterocycles. The van der Waals surface area contributed by atoms with Gasteiger partial charge in [0.2, 0.25) is 20.0 Å². The molecule has 2 aliphatic rings. The van der Waals surface area contributed by atoms with Crippen LogP contribution in [0.15, 0.2) is 23.1 Å². The summed E-state index contributed by atoms with van der Waals surface area (Å²) in [6.07, 6.45) is 3.50. The van der Waals surface area contributed by atoms with Crippen LogP contribution in [0.5, 0.6) is 0 Å². The number of nitrogens with zero attached hydrogens (tertiary/aromatic N) is 2. The molecule has 1 aromatic carbocycles. The summed E-state index contributed by atoms with van der Waals surface area (Å²) in [6.45, 7) is 1.51. The SMILES string of the molecule is CS(=O)(=O)N1CCc2cc(S(=O)(=O)N3CCCC3)ccc21. The van der Waals surface area contributed by atoms with Gasteiger partial charge in [0.05, 0.1) is 16.8 Å². The lowest BCUT2D eigenvalue weighted by atomic mass is 10.2. The summed E-state index contributed by atoms with van der Waals surface area (Å²) in [5, 5.41) is 0. The lowest BCUT2D eigenvalue weighted by Crippen LogP contribution is -2.28. The molecule has 0 atom stereocenters. The van der Waals surface area contributed by atoms with Gasteiger partial charge >= 0.3 is 0 Å². The van der Waals surface area contributed by atoms with Gasteiger partial charge < -0.3 is 0 Å². The van der Waals surface area contributed by atoms with Gasteiger partial charge in [-0.3, -0.25) is 4.31 Å². The Bertz CT molecular complexity index is 765. The highest BCUT2D eigenvalue weighted by Gasteiger charge is 2.31. The Balaban J connectivity index is 1.98. The third kappa shape index (κ3) is 2.56. The Labute approximate surface area is 125 Å². The Morgan fingerprint density at radius 1 is 1.00 bits per heavy atom. The molecule has 1 aromatic rings. The fraction of sp³-hybridized carbons (Fsp3) is 0.538. The molecule has 0 N–H and O–H groups in total. The maximum absolute atomic E-state index is 12.5. The van der Waals surface area contributed by atoms with Crippen LogP contribution in [-0.4, -0.2) is 47.0 Å². The molecule has 0 bridgehead atoms. The summed E-state index contributed by atoms with van der Waals surface area (Å²) < 4.78 is 51.2. The smallest absolute Gasteiger partial charge is 0.243 e. The van der Waals surface area contributed by atoms with Gasteiger partial charge in [-0.25, -0.2) is 16.8 Å². The molecule has 1 saturated heterocycles. The van der Waals surface area contributed by atoms with Gasteiger partial charge in [0, 0.05) is 19.6 Å². The lowest BCUT2D eigenvalue weighted by molar-refractivity contribution is 0.477. The van der Waals surface area contributed by atoms with Crippen molar-refractivity contribution in [3.05, 3.63) is 23.8 Å². The van der Waals surface area contributed by atoms with Gasteiger partial charge in [0.1, 0.15) is 0 Å². The molecule has 0 amide bonds. The molecular weight excluding hydrogens is 312 g/mol. The molecule has 2 heterocycles. The second kappa shape index (κ2) is 4.96. The van der Waals surface area contributed by atoms with Gasteiger partial charge in [0.25, 0.3) is 0 Å². The molecule has 8 heteroatoms. The van der Waals surface area contributed by atoms with Crippen LogP contribution >= 0.6 is 0 Å². The monoisotopic (exact) mass is 330 g/mol. The largest absolute Gasteiger partial charge is 0.270 e. The van der Waals surface area contributed by atoms with E-state index in [4.69, 9.17) is 0 Å². The normalized spacial score (nSPS) is 20.0. The summed E-state index contributed by atoms with van der Waals surface area (Å²) in [6, 6.07) is 4.73. The average Bonchev–Trinajstić information content (AvgIpc) is 3.06. The summed E-state index contributed by atoms with van der Waals surface area (Å²) in [7, 11) is -6.75. The zero-order chi connectivity index (χ0) is 15.3.